The molecule has 1 aliphatic rings. The number of hydrogen-bond donors (Lipinski definition) is 3. The van der Waals surface area contributed by atoms with Crippen LogP contribution in [-0.2, 0) is 21.4 Å². The lowest BCUT2D eigenvalue weighted by Gasteiger charge is -2.35. The van der Waals surface area contributed by atoms with E-state index in [1.807, 2.05) is 6.92 Å². The highest BCUT2D eigenvalue weighted by molar-refractivity contribution is 7.93. The molecule has 2 aromatic rings. The van der Waals surface area contributed by atoms with Gasteiger partial charge >= 0.3 is 6.09 Å². The lowest BCUT2D eigenvalue weighted by Crippen LogP contribution is -2.48. The van der Waals surface area contributed by atoms with Crippen LogP contribution < -0.4 is 24.4 Å². The zero-order valence-electron chi connectivity index (χ0n) is 17.9. The van der Waals surface area contributed by atoms with Gasteiger partial charge in [0.25, 0.3) is 15.9 Å². The van der Waals surface area contributed by atoms with Crippen molar-refractivity contribution >= 4 is 33.4 Å². The van der Waals surface area contributed by atoms with E-state index >= 15 is 0 Å². The molecule has 12 nitrogen and oxygen atoms in total. The van der Waals surface area contributed by atoms with Crippen molar-refractivity contribution in [1.29, 1.82) is 0 Å². The van der Waals surface area contributed by atoms with Crippen LogP contribution in [0.3, 0.4) is 0 Å². The summed E-state index contributed by atoms with van der Waals surface area (Å²) >= 11 is 0. The second kappa shape index (κ2) is 9.34. The predicted molar refractivity (Wildman–Crippen MR) is 115 cm³/mol. The summed E-state index contributed by atoms with van der Waals surface area (Å²) in [5.74, 6) is -0.0785. The molecule has 0 aliphatic carbocycles. The number of sulfonamides is 1. The van der Waals surface area contributed by atoms with Gasteiger partial charge in [0.1, 0.15) is 11.9 Å². The third-order valence-corrected chi connectivity index (χ3v) is 6.35. The second-order valence-corrected chi connectivity index (χ2v) is 8.74. The van der Waals surface area contributed by atoms with E-state index < -0.39 is 22.2 Å². The molecular formula is C19H25N5O7S. The quantitative estimate of drug-likeness (QED) is 0.528. The maximum absolute atomic E-state index is 13.7. The van der Waals surface area contributed by atoms with E-state index in [1.54, 1.807) is 6.92 Å². The second-order valence-electron chi connectivity index (χ2n) is 6.91. The first-order valence-electron chi connectivity index (χ1n) is 9.93. The van der Waals surface area contributed by atoms with Crippen LogP contribution in [0.1, 0.15) is 20.8 Å². The molecule has 0 radical (unpaired) electrons. The van der Waals surface area contributed by atoms with Gasteiger partial charge in [0, 0.05) is 25.4 Å². The molecule has 174 valence electrons. The van der Waals surface area contributed by atoms with Crippen molar-refractivity contribution in [1.82, 2.24) is 15.1 Å². The summed E-state index contributed by atoms with van der Waals surface area (Å²) in [6.45, 7) is 5.52. The Balaban J connectivity index is 2.08. The van der Waals surface area contributed by atoms with E-state index in [1.165, 1.54) is 36.0 Å². The number of nitrogens with zero attached hydrogens (tertiary/aromatic N) is 3. The third kappa shape index (κ3) is 4.88. The average molecular weight is 468 g/mol. The molecule has 0 saturated heterocycles. The number of anilines is 2. The fraction of sp³-hybridized carbons (Fsp3) is 0.421. The summed E-state index contributed by atoms with van der Waals surface area (Å²) in [6, 6.07) is 4.31. The number of amides is 2. The van der Waals surface area contributed by atoms with Gasteiger partial charge in [-0.3, -0.25) is 19.1 Å². The minimum atomic E-state index is -4.18. The van der Waals surface area contributed by atoms with Crippen LogP contribution in [0, 0.1) is 0 Å². The summed E-state index contributed by atoms with van der Waals surface area (Å²) in [4.78, 5) is 22.3. The molecule has 0 saturated carbocycles. The van der Waals surface area contributed by atoms with E-state index in [2.05, 4.69) is 15.7 Å². The molecule has 1 atom stereocenters. The third-order valence-electron chi connectivity index (χ3n) is 4.59. The van der Waals surface area contributed by atoms with Crippen molar-refractivity contribution in [3.05, 3.63) is 24.4 Å². The van der Waals surface area contributed by atoms with E-state index in [0.29, 0.717) is 6.54 Å². The summed E-state index contributed by atoms with van der Waals surface area (Å²) in [6.07, 6.45) is -0.573. The van der Waals surface area contributed by atoms with Crippen LogP contribution in [-0.4, -0.2) is 61.1 Å². The topological polar surface area (TPSA) is 152 Å². The zero-order valence-corrected chi connectivity index (χ0v) is 18.7. The Morgan fingerprint density at radius 2 is 2.09 bits per heavy atom. The maximum Gasteiger partial charge on any atom is 0.409 e. The fourth-order valence-electron chi connectivity index (χ4n) is 3.18. The van der Waals surface area contributed by atoms with Crippen LogP contribution in [0.5, 0.6) is 11.6 Å². The Kier molecular flexibility index (Phi) is 6.77. The number of ether oxygens (including phenoxy) is 2. The molecular weight excluding hydrogens is 442 g/mol. The standard InChI is InChI=1S/C19H25N5O7S/c1-4-23-11-17(18(22-23)30-5-2)32(28,29)24-10-14(9-20-12(3)25)31-16-7-6-13(8-15(16)24)21-19(26)27/h6-8,11,14,21H,4-5,9-10H2,1-3H3,(H,20,25)(H,26,27). The van der Waals surface area contributed by atoms with Gasteiger partial charge < -0.3 is 19.9 Å². The molecule has 3 N–H and O–H groups in total. The number of hydrogen-bond acceptors (Lipinski definition) is 7. The number of fused-ring (bicyclic) bond motifs is 1. The first-order valence-corrected chi connectivity index (χ1v) is 11.4. The van der Waals surface area contributed by atoms with E-state index in [0.717, 1.165) is 4.31 Å². The lowest BCUT2D eigenvalue weighted by molar-refractivity contribution is -0.119. The Labute approximate surface area is 185 Å². The zero-order chi connectivity index (χ0) is 23.5. The number of carbonyl (C=O) groups excluding carboxylic acids is 1. The summed E-state index contributed by atoms with van der Waals surface area (Å²) in [7, 11) is -4.18. The summed E-state index contributed by atoms with van der Waals surface area (Å²) in [5, 5.41) is 18.0. The van der Waals surface area contributed by atoms with Crippen molar-refractivity contribution in [2.24, 2.45) is 0 Å². The Morgan fingerprint density at radius 1 is 1.34 bits per heavy atom. The largest absolute Gasteiger partial charge is 0.484 e. The molecule has 0 fully saturated rings. The van der Waals surface area contributed by atoms with Gasteiger partial charge in [-0.05, 0) is 32.0 Å². The monoisotopic (exact) mass is 467 g/mol. The average Bonchev–Trinajstić information content (AvgIpc) is 3.15. The van der Waals surface area contributed by atoms with E-state index in [-0.39, 0.29) is 53.5 Å². The van der Waals surface area contributed by atoms with Gasteiger partial charge in [-0.15, -0.1) is 5.10 Å². The van der Waals surface area contributed by atoms with Crippen molar-refractivity contribution in [2.45, 2.75) is 38.3 Å². The Bertz CT molecular complexity index is 1120. The van der Waals surface area contributed by atoms with Gasteiger partial charge in [0.15, 0.2) is 4.90 Å². The molecule has 3 rings (SSSR count). The molecule has 0 bridgehead atoms. The van der Waals surface area contributed by atoms with Crippen LogP contribution >= 0.6 is 0 Å². The SMILES string of the molecule is CCOc1nn(CC)cc1S(=O)(=O)N1CC(CNC(C)=O)Oc2ccc(NC(=O)O)cc21. The van der Waals surface area contributed by atoms with E-state index in [4.69, 9.17) is 14.6 Å². The fourth-order valence-corrected chi connectivity index (χ4v) is 4.76. The molecule has 1 unspecified atom stereocenters. The van der Waals surface area contributed by atoms with Gasteiger partial charge in [-0.1, -0.05) is 0 Å². The molecule has 1 aromatic carbocycles. The highest BCUT2D eigenvalue weighted by Crippen LogP contribution is 2.40. The summed E-state index contributed by atoms with van der Waals surface area (Å²) in [5.41, 5.74) is 0.330. The summed E-state index contributed by atoms with van der Waals surface area (Å²) < 4.78 is 41.3. The van der Waals surface area contributed by atoms with Gasteiger partial charge in [0.2, 0.25) is 5.91 Å². The first kappa shape index (κ1) is 23.2. The Hall–Kier alpha value is -3.48. The number of carboxylic acid groups (broad SMARTS) is 1. The van der Waals surface area contributed by atoms with Crippen molar-refractivity contribution < 1.29 is 32.6 Å². The molecule has 13 heteroatoms. The molecule has 1 aromatic heterocycles. The lowest BCUT2D eigenvalue weighted by atomic mass is 10.2. The van der Waals surface area contributed by atoms with Gasteiger partial charge in [-0.2, -0.15) is 0 Å². The number of benzene rings is 1. The van der Waals surface area contributed by atoms with Crippen LogP contribution in [0.4, 0.5) is 16.2 Å². The first-order chi connectivity index (χ1) is 15.1. The van der Waals surface area contributed by atoms with E-state index in [9.17, 15) is 18.0 Å². The van der Waals surface area contributed by atoms with Crippen molar-refractivity contribution in [3.8, 4) is 11.6 Å². The highest BCUT2D eigenvalue weighted by Gasteiger charge is 2.38. The number of nitrogens with one attached hydrogen (secondary N) is 2. The van der Waals surface area contributed by atoms with Crippen molar-refractivity contribution in [2.75, 3.05) is 29.3 Å². The molecule has 2 amide bonds. The normalized spacial score (nSPS) is 15.5. The number of carbonyl (C=O) groups is 2. The van der Waals surface area contributed by atoms with Gasteiger partial charge in [0.05, 0.1) is 25.4 Å². The maximum atomic E-state index is 13.7. The Morgan fingerprint density at radius 3 is 2.72 bits per heavy atom. The van der Waals surface area contributed by atoms with Crippen LogP contribution in [0.25, 0.3) is 0 Å². The molecule has 2 heterocycles. The minimum Gasteiger partial charge on any atom is -0.484 e. The number of aryl methyl sites for hydroxylation is 1. The number of aromatic nitrogens is 2. The smallest absolute Gasteiger partial charge is 0.409 e. The van der Waals surface area contributed by atoms with Gasteiger partial charge in [-0.25, -0.2) is 13.2 Å². The number of rotatable bonds is 8. The van der Waals surface area contributed by atoms with Crippen molar-refractivity contribution in [3.63, 3.8) is 0 Å². The molecule has 32 heavy (non-hydrogen) atoms. The van der Waals surface area contributed by atoms with Crippen LogP contribution in [0.2, 0.25) is 0 Å². The predicted octanol–water partition coefficient (Wildman–Crippen LogP) is 1.48. The minimum absolute atomic E-state index is 0.0272. The molecule has 0 spiro atoms. The molecule has 1 aliphatic heterocycles. The van der Waals surface area contributed by atoms with Crippen LogP contribution in [0.15, 0.2) is 29.3 Å². The highest BCUT2D eigenvalue weighted by atomic mass is 32.2.